The van der Waals surface area contributed by atoms with Crippen molar-refractivity contribution in [1.29, 1.82) is 0 Å². The van der Waals surface area contributed by atoms with Gasteiger partial charge in [-0.1, -0.05) is 31.9 Å². The van der Waals surface area contributed by atoms with Crippen LogP contribution in [0.25, 0.3) is 0 Å². The van der Waals surface area contributed by atoms with Gasteiger partial charge in [0.05, 0.1) is 0 Å². The molecule has 0 unspecified atom stereocenters. The molecule has 1 heteroatoms. The third-order valence-corrected chi connectivity index (χ3v) is 1.03. The van der Waals surface area contributed by atoms with Crippen LogP contribution in [0.5, 0.6) is 0 Å². The zero-order chi connectivity index (χ0) is 6.24. The Morgan fingerprint density at radius 3 is 2.62 bits per heavy atom. The van der Waals surface area contributed by atoms with Crippen LogP contribution in [0.3, 0.4) is 0 Å². The lowest BCUT2D eigenvalue weighted by Gasteiger charge is -1.85. The van der Waals surface area contributed by atoms with Crippen molar-refractivity contribution in [1.82, 2.24) is 0 Å². The van der Waals surface area contributed by atoms with Crippen molar-refractivity contribution >= 4 is 0 Å². The van der Waals surface area contributed by atoms with Crippen molar-refractivity contribution in [3.8, 4) is 0 Å². The number of hydrogen-bond acceptors (Lipinski definition) is 1. The number of allylic oxidation sites excluding steroid dienone is 1. The minimum Gasteiger partial charge on any atom is -0.327 e. The van der Waals surface area contributed by atoms with Gasteiger partial charge in [0.25, 0.3) is 0 Å². The fourth-order valence-electron chi connectivity index (χ4n) is 0.536. The molecule has 0 spiro atoms. The van der Waals surface area contributed by atoms with Crippen molar-refractivity contribution in [2.45, 2.75) is 26.2 Å². The van der Waals surface area contributed by atoms with Gasteiger partial charge in [0.1, 0.15) is 0 Å². The van der Waals surface area contributed by atoms with Gasteiger partial charge in [0.15, 0.2) is 0 Å². The Balaban J connectivity index is 2.80. The summed E-state index contributed by atoms with van der Waals surface area (Å²) in [7, 11) is 0. The highest BCUT2D eigenvalue weighted by Crippen LogP contribution is 1.93. The van der Waals surface area contributed by atoms with E-state index in [2.05, 4.69) is 13.0 Å². The van der Waals surface area contributed by atoms with Crippen molar-refractivity contribution in [2.75, 3.05) is 6.54 Å². The second-order valence-electron chi connectivity index (χ2n) is 1.85. The summed E-state index contributed by atoms with van der Waals surface area (Å²) < 4.78 is 0. The summed E-state index contributed by atoms with van der Waals surface area (Å²) in [6.45, 7) is 2.88. The van der Waals surface area contributed by atoms with Crippen LogP contribution in [0, 0.1) is 0 Å². The second-order valence-corrected chi connectivity index (χ2v) is 1.85. The largest absolute Gasteiger partial charge is 0.327 e. The third kappa shape index (κ3) is 5.70. The number of rotatable bonds is 4. The zero-order valence-corrected chi connectivity index (χ0v) is 5.56. The lowest BCUT2D eigenvalue weighted by molar-refractivity contribution is 0.813. The standard InChI is InChI=1S/C7H15N/c1-2-3-4-5-6-7-8/h5-6H,2-4,7-8H2,1H3/b6-5+. The Kier molecular flexibility index (Phi) is 6.45. The van der Waals surface area contributed by atoms with Gasteiger partial charge >= 0.3 is 0 Å². The average molecular weight is 113 g/mol. The van der Waals surface area contributed by atoms with E-state index in [9.17, 15) is 0 Å². The van der Waals surface area contributed by atoms with Gasteiger partial charge in [-0.3, -0.25) is 0 Å². The SMILES string of the molecule is CCCC/C=C/CN. The van der Waals surface area contributed by atoms with Crippen molar-refractivity contribution in [3.63, 3.8) is 0 Å². The van der Waals surface area contributed by atoms with Crippen molar-refractivity contribution in [3.05, 3.63) is 12.2 Å². The normalized spacial score (nSPS) is 10.8. The summed E-state index contributed by atoms with van der Waals surface area (Å²) in [4.78, 5) is 0. The molecule has 0 atom stereocenters. The van der Waals surface area contributed by atoms with Crippen LogP contribution in [0.1, 0.15) is 26.2 Å². The fourth-order valence-corrected chi connectivity index (χ4v) is 0.536. The van der Waals surface area contributed by atoms with Gasteiger partial charge in [-0.25, -0.2) is 0 Å². The minimum atomic E-state index is 0.684. The van der Waals surface area contributed by atoms with Crippen LogP contribution in [0.15, 0.2) is 12.2 Å². The van der Waals surface area contributed by atoms with E-state index in [0.717, 1.165) is 0 Å². The Labute approximate surface area is 51.6 Å². The number of nitrogens with two attached hydrogens (primary N) is 1. The molecule has 0 aliphatic carbocycles. The Hall–Kier alpha value is -0.300. The predicted octanol–water partition coefficient (Wildman–Crippen LogP) is 1.69. The maximum atomic E-state index is 5.22. The van der Waals surface area contributed by atoms with E-state index in [1.165, 1.54) is 19.3 Å². The molecule has 2 N–H and O–H groups in total. The van der Waals surface area contributed by atoms with E-state index in [1.807, 2.05) is 6.08 Å². The van der Waals surface area contributed by atoms with Gasteiger partial charge in [0, 0.05) is 6.54 Å². The van der Waals surface area contributed by atoms with E-state index in [0.29, 0.717) is 6.54 Å². The van der Waals surface area contributed by atoms with Crippen LogP contribution in [0.4, 0.5) is 0 Å². The minimum absolute atomic E-state index is 0.684. The molecule has 0 saturated heterocycles. The van der Waals surface area contributed by atoms with Crippen LogP contribution in [0.2, 0.25) is 0 Å². The highest BCUT2D eigenvalue weighted by molar-refractivity contribution is 4.81. The van der Waals surface area contributed by atoms with Gasteiger partial charge < -0.3 is 5.73 Å². The molecule has 0 saturated carbocycles. The molecule has 0 aromatic carbocycles. The molecule has 0 bridgehead atoms. The topological polar surface area (TPSA) is 26.0 Å². The van der Waals surface area contributed by atoms with Gasteiger partial charge in [-0.05, 0) is 6.42 Å². The Morgan fingerprint density at radius 1 is 1.38 bits per heavy atom. The first kappa shape index (κ1) is 7.70. The predicted molar refractivity (Wildman–Crippen MR) is 37.7 cm³/mol. The van der Waals surface area contributed by atoms with Crippen LogP contribution in [-0.4, -0.2) is 6.54 Å². The van der Waals surface area contributed by atoms with Crippen LogP contribution >= 0.6 is 0 Å². The summed E-state index contributed by atoms with van der Waals surface area (Å²) in [6, 6.07) is 0. The molecule has 0 amide bonds. The monoisotopic (exact) mass is 113 g/mol. The zero-order valence-electron chi connectivity index (χ0n) is 5.56. The summed E-state index contributed by atoms with van der Waals surface area (Å²) in [6.07, 6.45) is 7.90. The van der Waals surface area contributed by atoms with E-state index in [4.69, 9.17) is 5.73 Å². The van der Waals surface area contributed by atoms with Crippen LogP contribution < -0.4 is 5.73 Å². The first-order chi connectivity index (χ1) is 3.91. The molecule has 8 heavy (non-hydrogen) atoms. The Morgan fingerprint density at radius 2 is 2.12 bits per heavy atom. The highest BCUT2D eigenvalue weighted by atomic mass is 14.5. The quantitative estimate of drug-likeness (QED) is 0.435. The molecule has 0 fully saturated rings. The molecular formula is C7H15N. The van der Waals surface area contributed by atoms with Crippen LogP contribution in [-0.2, 0) is 0 Å². The van der Waals surface area contributed by atoms with E-state index >= 15 is 0 Å². The second kappa shape index (κ2) is 6.70. The van der Waals surface area contributed by atoms with E-state index < -0.39 is 0 Å². The molecule has 48 valence electrons. The molecule has 0 aliphatic rings. The Bertz CT molecular complexity index is 57.4. The van der Waals surface area contributed by atoms with Gasteiger partial charge in [-0.2, -0.15) is 0 Å². The van der Waals surface area contributed by atoms with Crippen molar-refractivity contribution < 1.29 is 0 Å². The smallest absolute Gasteiger partial charge is 0.0106 e. The lowest BCUT2D eigenvalue weighted by atomic mass is 10.2. The molecule has 0 rings (SSSR count). The highest BCUT2D eigenvalue weighted by Gasteiger charge is 1.74. The number of hydrogen-bond donors (Lipinski definition) is 1. The first-order valence-electron chi connectivity index (χ1n) is 3.27. The molecule has 0 aromatic rings. The van der Waals surface area contributed by atoms with Gasteiger partial charge in [-0.15, -0.1) is 0 Å². The lowest BCUT2D eigenvalue weighted by Crippen LogP contribution is -1.91. The molecule has 0 aliphatic heterocycles. The first-order valence-corrected chi connectivity index (χ1v) is 3.27. The summed E-state index contributed by atoms with van der Waals surface area (Å²) in [5.74, 6) is 0. The van der Waals surface area contributed by atoms with E-state index in [-0.39, 0.29) is 0 Å². The average Bonchev–Trinajstić information content (AvgIpc) is 1.81. The number of unbranched alkanes of at least 4 members (excludes halogenated alkanes) is 2. The summed E-state index contributed by atoms with van der Waals surface area (Å²) in [5.41, 5.74) is 5.22. The van der Waals surface area contributed by atoms with Crippen molar-refractivity contribution in [2.24, 2.45) is 5.73 Å². The maximum absolute atomic E-state index is 5.22. The summed E-state index contributed by atoms with van der Waals surface area (Å²) >= 11 is 0. The van der Waals surface area contributed by atoms with Gasteiger partial charge in [0.2, 0.25) is 0 Å². The summed E-state index contributed by atoms with van der Waals surface area (Å²) in [5, 5.41) is 0. The molecule has 0 heterocycles. The van der Waals surface area contributed by atoms with E-state index in [1.54, 1.807) is 0 Å². The molecule has 0 aromatic heterocycles. The molecular weight excluding hydrogens is 98.1 g/mol. The molecule has 1 nitrogen and oxygen atoms in total. The maximum Gasteiger partial charge on any atom is 0.0106 e. The fraction of sp³-hybridized carbons (Fsp3) is 0.714. The third-order valence-electron chi connectivity index (χ3n) is 1.03. The molecule has 0 radical (unpaired) electrons.